The molecule has 226 valence electrons. The molecule has 0 radical (unpaired) electrons. The van der Waals surface area contributed by atoms with E-state index in [-0.39, 0.29) is 24.0 Å². The molecule has 2 saturated heterocycles. The second kappa shape index (κ2) is 15.9. The highest BCUT2D eigenvalue weighted by atomic mass is 16.6. The van der Waals surface area contributed by atoms with Gasteiger partial charge in [0, 0.05) is 31.2 Å². The van der Waals surface area contributed by atoms with E-state index in [1.807, 2.05) is 0 Å². The molecule has 3 heterocycles. The summed E-state index contributed by atoms with van der Waals surface area (Å²) in [5.41, 5.74) is 6.87. The number of hydrogen-bond acceptors (Lipinski definition) is 11. The number of hydrogen-bond donors (Lipinski definition) is 3. The lowest BCUT2D eigenvalue weighted by atomic mass is 10.0. The molecule has 4 N–H and O–H groups in total. The first-order valence-electron chi connectivity index (χ1n) is 14.3. The molecule has 4 amide bonds. The van der Waals surface area contributed by atoms with Gasteiger partial charge in [-0.1, -0.05) is 6.07 Å². The van der Waals surface area contributed by atoms with Crippen molar-refractivity contribution in [2.24, 2.45) is 5.73 Å². The van der Waals surface area contributed by atoms with Gasteiger partial charge in [-0.2, -0.15) is 0 Å². The van der Waals surface area contributed by atoms with Crippen LogP contribution in [0.5, 0.6) is 0 Å². The van der Waals surface area contributed by atoms with Crippen molar-refractivity contribution in [2.45, 2.75) is 37.8 Å². The number of carbonyl (C=O) groups excluding carboxylic acids is 4. The molecule has 1 aromatic carbocycles. The van der Waals surface area contributed by atoms with Crippen LogP contribution in [0.25, 0.3) is 0 Å². The van der Waals surface area contributed by atoms with Crippen LogP contribution < -0.4 is 16.4 Å². The highest BCUT2D eigenvalue weighted by molar-refractivity contribution is 6.25. The Balaban J connectivity index is 1.02. The summed E-state index contributed by atoms with van der Waals surface area (Å²) in [4.78, 5) is 53.1. The normalized spacial score (nSPS) is 20.0. The molecule has 0 saturated carbocycles. The van der Waals surface area contributed by atoms with E-state index in [1.54, 1.807) is 18.2 Å². The quantitative estimate of drug-likeness (QED) is 0.169. The van der Waals surface area contributed by atoms with E-state index >= 15 is 0 Å². The molecule has 0 bridgehead atoms. The van der Waals surface area contributed by atoms with E-state index in [9.17, 15) is 19.2 Å². The number of benzene rings is 1. The van der Waals surface area contributed by atoms with Crippen molar-refractivity contribution in [1.82, 2.24) is 15.1 Å². The number of nitrogens with zero attached hydrogens (tertiary/aromatic N) is 2. The Bertz CT molecular complexity index is 1060. The average Bonchev–Trinajstić information content (AvgIpc) is 3.22. The van der Waals surface area contributed by atoms with Crippen LogP contribution in [0.4, 0.5) is 5.69 Å². The van der Waals surface area contributed by atoms with Crippen molar-refractivity contribution >= 4 is 29.3 Å². The average molecular weight is 576 g/mol. The first-order valence-corrected chi connectivity index (χ1v) is 14.3. The predicted octanol–water partition coefficient (Wildman–Crippen LogP) is -0.0108. The van der Waals surface area contributed by atoms with Gasteiger partial charge in [-0.15, -0.1) is 0 Å². The van der Waals surface area contributed by atoms with Gasteiger partial charge in [0.15, 0.2) is 0 Å². The number of imide groups is 2. The summed E-state index contributed by atoms with van der Waals surface area (Å²) < 4.78 is 22.2. The fraction of sp³-hybridized carbons (Fsp3) is 0.643. The molecule has 1 unspecified atom stereocenters. The zero-order valence-electron chi connectivity index (χ0n) is 23.4. The fourth-order valence-electron chi connectivity index (χ4n) is 5.05. The number of nitrogens with one attached hydrogen (secondary N) is 2. The number of anilines is 1. The molecule has 1 atom stereocenters. The second-order valence-electron chi connectivity index (χ2n) is 10.2. The number of likely N-dealkylation sites (tertiary alicyclic amines) is 1. The lowest BCUT2D eigenvalue weighted by Gasteiger charge is -2.29. The molecule has 0 aliphatic carbocycles. The third kappa shape index (κ3) is 8.77. The molecule has 13 heteroatoms. The number of carbonyl (C=O) groups is 4. The number of rotatable bonds is 17. The Morgan fingerprint density at radius 3 is 2.12 bits per heavy atom. The number of nitrogens with two attached hydrogens (primary N) is 1. The van der Waals surface area contributed by atoms with Crippen molar-refractivity contribution in [3.8, 4) is 0 Å². The van der Waals surface area contributed by atoms with Gasteiger partial charge in [0.2, 0.25) is 11.8 Å². The molecule has 41 heavy (non-hydrogen) atoms. The molecular formula is C28H41N5O8. The lowest BCUT2D eigenvalue weighted by molar-refractivity contribution is -0.136. The van der Waals surface area contributed by atoms with Gasteiger partial charge in [-0.25, -0.2) is 0 Å². The van der Waals surface area contributed by atoms with E-state index in [0.29, 0.717) is 71.1 Å². The predicted molar refractivity (Wildman–Crippen MR) is 149 cm³/mol. The highest BCUT2D eigenvalue weighted by Gasteiger charge is 2.45. The summed E-state index contributed by atoms with van der Waals surface area (Å²) in [7, 11) is 0. The van der Waals surface area contributed by atoms with Crippen LogP contribution in [0.15, 0.2) is 18.2 Å². The van der Waals surface area contributed by atoms with Crippen molar-refractivity contribution < 1.29 is 38.1 Å². The maximum atomic E-state index is 13.1. The van der Waals surface area contributed by atoms with Crippen LogP contribution in [-0.2, 0) is 28.5 Å². The van der Waals surface area contributed by atoms with E-state index in [1.165, 1.54) is 0 Å². The summed E-state index contributed by atoms with van der Waals surface area (Å²) in [5.74, 6) is -2.12. The maximum absolute atomic E-state index is 13.1. The van der Waals surface area contributed by atoms with Crippen LogP contribution in [-0.4, -0.2) is 125 Å². The Morgan fingerprint density at radius 1 is 0.829 bits per heavy atom. The summed E-state index contributed by atoms with van der Waals surface area (Å²) in [5, 5.41) is 5.34. The Kier molecular flexibility index (Phi) is 12.0. The molecule has 13 nitrogen and oxygen atoms in total. The molecule has 4 rings (SSSR count). The van der Waals surface area contributed by atoms with Crippen LogP contribution in [0.3, 0.4) is 0 Å². The SMILES string of the molecule is NC1CCN(CCOCCOCCOCCOCCNc2cccc3c2C(=O)N(C2CCC(=O)NC2=O)C3=O)CC1. The van der Waals surface area contributed by atoms with E-state index in [0.717, 1.165) is 37.4 Å². The van der Waals surface area contributed by atoms with Gasteiger partial charge in [0.05, 0.1) is 64.0 Å². The molecule has 0 aromatic heterocycles. The first kappa shape index (κ1) is 31.0. The van der Waals surface area contributed by atoms with Crippen molar-refractivity contribution in [2.75, 3.05) is 84.4 Å². The van der Waals surface area contributed by atoms with Crippen LogP contribution in [0.1, 0.15) is 46.4 Å². The minimum atomic E-state index is -0.995. The van der Waals surface area contributed by atoms with Gasteiger partial charge in [-0.3, -0.25) is 29.4 Å². The standard InChI is InChI=1S/C28H41N5O8/c29-20-6-9-32(10-7-20)11-13-39-15-17-41-19-18-40-16-14-38-12-8-30-22-3-1-2-21-25(22)28(37)33(27(21)36)23-4-5-24(34)31-26(23)35/h1-3,20,23,30H,4-19,29H2,(H,31,34,35). The zero-order valence-corrected chi connectivity index (χ0v) is 23.4. The van der Waals surface area contributed by atoms with Crippen molar-refractivity contribution in [3.05, 3.63) is 29.3 Å². The molecule has 1 aromatic rings. The smallest absolute Gasteiger partial charge is 0.264 e. The Morgan fingerprint density at radius 2 is 1.46 bits per heavy atom. The van der Waals surface area contributed by atoms with Gasteiger partial charge < -0.3 is 34.9 Å². The molecule has 0 spiro atoms. The highest BCUT2D eigenvalue weighted by Crippen LogP contribution is 2.32. The summed E-state index contributed by atoms with van der Waals surface area (Å²) >= 11 is 0. The van der Waals surface area contributed by atoms with E-state index in [4.69, 9.17) is 24.7 Å². The second-order valence-corrected chi connectivity index (χ2v) is 10.2. The van der Waals surface area contributed by atoms with Crippen molar-refractivity contribution in [1.29, 1.82) is 0 Å². The zero-order chi connectivity index (χ0) is 29.0. The largest absolute Gasteiger partial charge is 0.382 e. The van der Waals surface area contributed by atoms with Gasteiger partial charge >= 0.3 is 0 Å². The number of fused-ring (bicyclic) bond motifs is 1. The fourth-order valence-corrected chi connectivity index (χ4v) is 5.05. The minimum absolute atomic E-state index is 0.0772. The van der Waals surface area contributed by atoms with Crippen molar-refractivity contribution in [3.63, 3.8) is 0 Å². The lowest BCUT2D eigenvalue weighted by Crippen LogP contribution is -2.54. The minimum Gasteiger partial charge on any atom is -0.382 e. The molecule has 3 aliphatic heterocycles. The maximum Gasteiger partial charge on any atom is 0.264 e. The molecular weight excluding hydrogens is 534 g/mol. The summed E-state index contributed by atoms with van der Waals surface area (Å²) in [6.07, 6.45) is 2.30. The van der Waals surface area contributed by atoms with E-state index < -0.39 is 29.7 Å². The van der Waals surface area contributed by atoms with Crippen LogP contribution in [0, 0.1) is 0 Å². The van der Waals surface area contributed by atoms with Crippen LogP contribution >= 0.6 is 0 Å². The van der Waals surface area contributed by atoms with E-state index in [2.05, 4.69) is 15.5 Å². The summed E-state index contributed by atoms with van der Waals surface area (Å²) in [6.45, 7) is 7.35. The monoisotopic (exact) mass is 575 g/mol. The number of amides is 4. The van der Waals surface area contributed by atoms with Crippen LogP contribution in [0.2, 0.25) is 0 Å². The van der Waals surface area contributed by atoms with Gasteiger partial charge in [-0.05, 0) is 44.5 Å². The summed E-state index contributed by atoms with van der Waals surface area (Å²) in [6, 6.07) is 4.29. The third-order valence-corrected chi connectivity index (χ3v) is 7.33. The number of piperidine rings is 2. The Hall–Kier alpha value is -2.94. The number of ether oxygens (including phenoxy) is 4. The molecule has 2 fully saturated rings. The molecule has 3 aliphatic rings. The topological polar surface area (TPSA) is 162 Å². The van der Waals surface area contributed by atoms with Gasteiger partial charge in [0.1, 0.15) is 6.04 Å². The Labute approximate surface area is 240 Å². The first-order chi connectivity index (χ1) is 20.0. The third-order valence-electron chi connectivity index (χ3n) is 7.33. The van der Waals surface area contributed by atoms with Gasteiger partial charge in [0.25, 0.3) is 11.8 Å².